The summed E-state index contributed by atoms with van der Waals surface area (Å²) in [6, 6.07) is 9.61. The van der Waals surface area contributed by atoms with Crippen molar-refractivity contribution in [3.63, 3.8) is 0 Å². The molecule has 1 aliphatic rings. The molecule has 0 saturated carbocycles. The summed E-state index contributed by atoms with van der Waals surface area (Å²) >= 11 is 6.08. The Kier molecular flexibility index (Phi) is 4.34. The zero-order valence-electron chi connectivity index (χ0n) is 15.5. The predicted molar refractivity (Wildman–Crippen MR) is 113 cm³/mol. The van der Waals surface area contributed by atoms with Crippen LogP contribution in [-0.4, -0.2) is 47.2 Å². The summed E-state index contributed by atoms with van der Waals surface area (Å²) in [7, 11) is 0. The van der Waals surface area contributed by atoms with Gasteiger partial charge in [0.05, 0.1) is 46.0 Å². The minimum absolute atomic E-state index is 0.383. The van der Waals surface area contributed by atoms with Gasteiger partial charge >= 0.3 is 0 Å². The number of anilines is 1. The second-order valence-electron chi connectivity index (χ2n) is 6.99. The van der Waals surface area contributed by atoms with Gasteiger partial charge in [0.25, 0.3) is 5.91 Å². The second-order valence-corrected chi connectivity index (χ2v) is 7.43. The third-order valence-corrected chi connectivity index (χ3v) is 5.39. The van der Waals surface area contributed by atoms with E-state index in [0.29, 0.717) is 27.3 Å². The lowest BCUT2D eigenvalue weighted by Gasteiger charge is -2.28. The van der Waals surface area contributed by atoms with Crippen LogP contribution in [0.3, 0.4) is 0 Å². The molecule has 8 heteroatoms. The Balaban J connectivity index is 1.71. The Morgan fingerprint density at radius 3 is 2.76 bits per heavy atom. The molecule has 0 bridgehead atoms. The molecule has 1 amide bonds. The van der Waals surface area contributed by atoms with Crippen LogP contribution in [0, 0.1) is 0 Å². The molecule has 0 spiro atoms. The largest absolute Gasteiger partial charge is 0.378 e. The van der Waals surface area contributed by atoms with Gasteiger partial charge in [0.2, 0.25) is 0 Å². The van der Waals surface area contributed by atoms with E-state index in [2.05, 4.69) is 27.0 Å². The fourth-order valence-corrected chi connectivity index (χ4v) is 3.93. The average Bonchev–Trinajstić information content (AvgIpc) is 3.11. The number of nitrogens with two attached hydrogens (primary N) is 1. The first kappa shape index (κ1) is 17.9. The molecule has 0 radical (unpaired) electrons. The number of benzene rings is 1. The molecule has 1 saturated heterocycles. The standard InChI is InChI=1S/C21H18ClN5O2/c22-13-7-12(10-24-11-13)17-9-16(21(23)28)20-19(25-17)15-2-1-14(8-18(15)26-20)27-3-5-29-6-4-27/h1-2,7-11,26H,3-6H2,(H2,23,28). The lowest BCUT2D eigenvalue weighted by molar-refractivity contribution is 0.100. The number of hydrogen-bond donors (Lipinski definition) is 2. The Morgan fingerprint density at radius 2 is 2.00 bits per heavy atom. The molecule has 7 nitrogen and oxygen atoms in total. The molecule has 1 aromatic carbocycles. The zero-order valence-corrected chi connectivity index (χ0v) is 16.2. The highest BCUT2D eigenvalue weighted by Crippen LogP contribution is 2.32. The number of carbonyl (C=O) groups is 1. The maximum Gasteiger partial charge on any atom is 0.250 e. The number of pyridine rings is 2. The van der Waals surface area contributed by atoms with Gasteiger partial charge in [0.1, 0.15) is 0 Å². The minimum Gasteiger partial charge on any atom is -0.378 e. The maximum absolute atomic E-state index is 12.2. The van der Waals surface area contributed by atoms with Crippen LogP contribution in [0.15, 0.2) is 42.7 Å². The van der Waals surface area contributed by atoms with Crippen LogP contribution in [0.4, 0.5) is 5.69 Å². The van der Waals surface area contributed by atoms with Gasteiger partial charge in [-0.2, -0.15) is 0 Å². The Morgan fingerprint density at radius 1 is 1.17 bits per heavy atom. The number of nitrogens with one attached hydrogen (secondary N) is 1. The molecule has 1 aliphatic heterocycles. The lowest BCUT2D eigenvalue weighted by Crippen LogP contribution is -2.36. The van der Waals surface area contributed by atoms with Crippen molar-refractivity contribution >= 4 is 45.1 Å². The van der Waals surface area contributed by atoms with E-state index in [0.717, 1.165) is 48.5 Å². The highest BCUT2D eigenvalue weighted by molar-refractivity contribution is 6.30. The molecule has 0 atom stereocenters. The quantitative estimate of drug-likeness (QED) is 0.542. The van der Waals surface area contributed by atoms with Crippen molar-refractivity contribution < 1.29 is 9.53 Å². The van der Waals surface area contributed by atoms with Crippen LogP contribution in [0.1, 0.15) is 10.4 Å². The highest BCUT2D eigenvalue weighted by atomic mass is 35.5. The van der Waals surface area contributed by atoms with Gasteiger partial charge in [-0.25, -0.2) is 4.98 Å². The van der Waals surface area contributed by atoms with Gasteiger partial charge in [0.15, 0.2) is 0 Å². The number of aromatic nitrogens is 3. The number of halogens is 1. The number of rotatable bonds is 3. The summed E-state index contributed by atoms with van der Waals surface area (Å²) in [4.78, 5) is 26.7. The fourth-order valence-electron chi connectivity index (χ4n) is 3.76. The number of aromatic amines is 1. The van der Waals surface area contributed by atoms with Crippen LogP contribution in [0.2, 0.25) is 5.02 Å². The normalized spacial score (nSPS) is 14.6. The molecule has 4 aromatic rings. The maximum atomic E-state index is 12.2. The summed E-state index contributed by atoms with van der Waals surface area (Å²) in [6.45, 7) is 3.13. The Hall–Kier alpha value is -3.16. The lowest BCUT2D eigenvalue weighted by atomic mass is 10.1. The van der Waals surface area contributed by atoms with Crippen LogP contribution in [0.25, 0.3) is 33.2 Å². The number of primary amides is 1. The van der Waals surface area contributed by atoms with E-state index in [1.54, 1.807) is 24.5 Å². The van der Waals surface area contributed by atoms with E-state index in [1.807, 2.05) is 6.07 Å². The number of H-pyrrole nitrogens is 1. The van der Waals surface area contributed by atoms with Gasteiger partial charge in [-0.15, -0.1) is 0 Å². The minimum atomic E-state index is -0.520. The predicted octanol–water partition coefficient (Wildman–Crippen LogP) is 3.37. The molecule has 29 heavy (non-hydrogen) atoms. The summed E-state index contributed by atoms with van der Waals surface area (Å²) < 4.78 is 5.44. The van der Waals surface area contributed by atoms with Crippen LogP contribution >= 0.6 is 11.6 Å². The zero-order chi connectivity index (χ0) is 20.0. The molecule has 1 fully saturated rings. The van der Waals surface area contributed by atoms with E-state index < -0.39 is 5.91 Å². The number of morpholine rings is 1. The van der Waals surface area contributed by atoms with Gasteiger partial charge < -0.3 is 20.4 Å². The van der Waals surface area contributed by atoms with E-state index in [1.165, 1.54) is 0 Å². The monoisotopic (exact) mass is 407 g/mol. The topological polar surface area (TPSA) is 97.1 Å². The second kappa shape index (κ2) is 7.02. The Labute approximate surface area is 171 Å². The third-order valence-electron chi connectivity index (χ3n) is 5.18. The molecule has 3 aromatic heterocycles. The number of hydrogen-bond acceptors (Lipinski definition) is 5. The van der Waals surface area contributed by atoms with Gasteiger partial charge in [-0.05, 0) is 30.3 Å². The molecule has 3 N–H and O–H groups in total. The number of ether oxygens (including phenoxy) is 1. The van der Waals surface area contributed by atoms with Crippen LogP contribution in [-0.2, 0) is 4.74 Å². The number of fused-ring (bicyclic) bond motifs is 3. The van der Waals surface area contributed by atoms with Crippen LogP contribution < -0.4 is 10.6 Å². The summed E-state index contributed by atoms with van der Waals surface area (Å²) in [5.41, 5.74) is 10.7. The molecule has 0 unspecified atom stereocenters. The van der Waals surface area contributed by atoms with E-state index in [-0.39, 0.29) is 0 Å². The smallest absolute Gasteiger partial charge is 0.250 e. The fraction of sp³-hybridized carbons (Fsp3) is 0.190. The van der Waals surface area contributed by atoms with Crippen molar-refractivity contribution in [3.8, 4) is 11.3 Å². The molecule has 0 aliphatic carbocycles. The van der Waals surface area contributed by atoms with Crippen molar-refractivity contribution in [2.45, 2.75) is 0 Å². The first-order chi connectivity index (χ1) is 14.1. The highest BCUT2D eigenvalue weighted by Gasteiger charge is 2.18. The SMILES string of the molecule is NC(=O)c1cc(-c2cncc(Cl)c2)nc2c1[nH]c1cc(N3CCOCC3)ccc12. The van der Waals surface area contributed by atoms with E-state index in [9.17, 15) is 4.79 Å². The Bertz CT molecular complexity index is 1250. The molecular weight excluding hydrogens is 390 g/mol. The van der Waals surface area contributed by atoms with Crippen molar-refractivity contribution in [3.05, 3.63) is 53.3 Å². The van der Waals surface area contributed by atoms with Crippen molar-refractivity contribution in [1.29, 1.82) is 0 Å². The number of amides is 1. The summed E-state index contributed by atoms with van der Waals surface area (Å²) in [6.07, 6.45) is 3.22. The summed E-state index contributed by atoms with van der Waals surface area (Å²) in [5, 5.41) is 1.43. The molecule has 146 valence electrons. The first-order valence-electron chi connectivity index (χ1n) is 9.30. The summed E-state index contributed by atoms with van der Waals surface area (Å²) in [5.74, 6) is -0.520. The average molecular weight is 408 g/mol. The van der Waals surface area contributed by atoms with E-state index >= 15 is 0 Å². The van der Waals surface area contributed by atoms with Crippen molar-refractivity contribution in [2.24, 2.45) is 5.73 Å². The van der Waals surface area contributed by atoms with Gasteiger partial charge in [-0.3, -0.25) is 9.78 Å². The molecule has 4 heterocycles. The van der Waals surface area contributed by atoms with Crippen molar-refractivity contribution in [2.75, 3.05) is 31.2 Å². The van der Waals surface area contributed by atoms with Crippen molar-refractivity contribution in [1.82, 2.24) is 15.0 Å². The van der Waals surface area contributed by atoms with Gasteiger partial charge in [-0.1, -0.05) is 11.6 Å². The number of carbonyl (C=O) groups excluding carboxylic acids is 1. The molecular formula is C21H18ClN5O2. The third kappa shape index (κ3) is 3.18. The van der Waals surface area contributed by atoms with Crippen LogP contribution in [0.5, 0.6) is 0 Å². The molecule has 5 rings (SSSR count). The first-order valence-corrected chi connectivity index (χ1v) is 9.68. The van der Waals surface area contributed by atoms with Gasteiger partial charge in [0, 0.05) is 42.1 Å². The number of nitrogens with zero attached hydrogens (tertiary/aromatic N) is 3. The van der Waals surface area contributed by atoms with E-state index in [4.69, 9.17) is 27.1 Å².